The number of pyridine rings is 1. The fourth-order valence-electron chi connectivity index (χ4n) is 2.84. The van der Waals surface area contributed by atoms with Crippen LogP contribution in [0.25, 0.3) is 0 Å². The zero-order valence-corrected chi connectivity index (χ0v) is 14.2. The number of hydrogen-bond donors (Lipinski definition) is 0. The number of piperidine rings is 1. The van der Waals surface area contributed by atoms with Crippen LogP contribution >= 0.6 is 27.5 Å². The summed E-state index contributed by atoms with van der Waals surface area (Å²) >= 11 is 9.53. The van der Waals surface area contributed by atoms with Crippen LogP contribution < -0.4 is 4.90 Å². The molecule has 1 unspecified atom stereocenters. The van der Waals surface area contributed by atoms with E-state index < -0.39 is 0 Å². The van der Waals surface area contributed by atoms with Crippen molar-refractivity contribution in [3.63, 3.8) is 0 Å². The van der Waals surface area contributed by atoms with Crippen molar-refractivity contribution in [3.8, 4) is 0 Å². The van der Waals surface area contributed by atoms with Crippen LogP contribution in [0.4, 0.5) is 5.82 Å². The molecule has 1 fully saturated rings. The summed E-state index contributed by atoms with van der Waals surface area (Å²) in [5, 5.41) is 9.00. The molecule has 0 aliphatic carbocycles. The van der Waals surface area contributed by atoms with E-state index in [9.17, 15) is 0 Å². The highest BCUT2D eigenvalue weighted by molar-refractivity contribution is 9.10. The first-order valence-corrected chi connectivity index (χ1v) is 8.29. The topological polar surface area (TPSA) is 46.8 Å². The van der Waals surface area contributed by atoms with Crippen LogP contribution in [0.5, 0.6) is 0 Å². The molecule has 21 heavy (non-hydrogen) atoms. The fraction of sp³-hybridized carbons (Fsp3) is 0.500. The molecule has 0 bridgehead atoms. The van der Waals surface area contributed by atoms with E-state index in [0.29, 0.717) is 10.9 Å². The van der Waals surface area contributed by atoms with E-state index in [4.69, 9.17) is 11.6 Å². The first-order chi connectivity index (χ1) is 10.2. The lowest BCUT2D eigenvalue weighted by molar-refractivity contribution is 0.470. The number of aromatic nitrogens is 4. The summed E-state index contributed by atoms with van der Waals surface area (Å²) in [5.74, 6) is 2.42. The van der Waals surface area contributed by atoms with Crippen molar-refractivity contribution in [1.82, 2.24) is 19.7 Å². The maximum atomic E-state index is 5.97. The van der Waals surface area contributed by atoms with E-state index in [-0.39, 0.29) is 0 Å². The zero-order valence-electron chi connectivity index (χ0n) is 11.8. The zero-order chi connectivity index (χ0) is 14.8. The number of hydrogen-bond acceptors (Lipinski definition) is 4. The highest BCUT2D eigenvalue weighted by Gasteiger charge is 2.26. The van der Waals surface area contributed by atoms with Gasteiger partial charge in [-0.3, -0.25) is 0 Å². The molecule has 1 atom stereocenters. The summed E-state index contributed by atoms with van der Waals surface area (Å²) in [7, 11) is 0. The van der Waals surface area contributed by atoms with Crippen molar-refractivity contribution in [3.05, 3.63) is 33.9 Å². The van der Waals surface area contributed by atoms with E-state index in [1.807, 2.05) is 12.4 Å². The van der Waals surface area contributed by atoms with Gasteiger partial charge in [0.15, 0.2) is 0 Å². The van der Waals surface area contributed by atoms with Crippen molar-refractivity contribution in [2.75, 3.05) is 18.0 Å². The highest BCUT2D eigenvalue weighted by atomic mass is 79.9. The van der Waals surface area contributed by atoms with Crippen LogP contribution in [0, 0.1) is 0 Å². The molecule has 0 amide bonds. The van der Waals surface area contributed by atoms with Gasteiger partial charge in [-0.1, -0.05) is 11.6 Å². The molecule has 2 aromatic heterocycles. The molecule has 2 aromatic rings. The van der Waals surface area contributed by atoms with Gasteiger partial charge in [0.25, 0.3) is 0 Å². The largest absolute Gasteiger partial charge is 0.355 e. The highest BCUT2D eigenvalue weighted by Crippen LogP contribution is 2.32. The summed E-state index contributed by atoms with van der Waals surface area (Å²) in [4.78, 5) is 6.76. The fourth-order valence-corrected chi connectivity index (χ4v) is 3.73. The second-order valence-electron chi connectivity index (χ2n) is 5.22. The maximum absolute atomic E-state index is 5.97. The molecular weight excluding hydrogens is 354 g/mol. The average molecular weight is 371 g/mol. The third-order valence-corrected chi connectivity index (χ3v) is 4.65. The number of halogens is 2. The van der Waals surface area contributed by atoms with Gasteiger partial charge in [0.1, 0.15) is 18.0 Å². The predicted octanol–water partition coefficient (Wildman–Crippen LogP) is 3.49. The Kier molecular flexibility index (Phi) is 4.45. The SMILES string of the molecule is CCn1cnnc1C1CCCN(c2ncc(Cl)cc2Br)C1. The molecule has 0 spiro atoms. The minimum atomic E-state index is 0.394. The molecule has 112 valence electrons. The van der Waals surface area contributed by atoms with Gasteiger partial charge in [-0.25, -0.2) is 4.98 Å². The Morgan fingerprint density at radius 2 is 2.33 bits per heavy atom. The van der Waals surface area contributed by atoms with Crippen molar-refractivity contribution >= 4 is 33.3 Å². The van der Waals surface area contributed by atoms with Crippen LogP contribution in [0.3, 0.4) is 0 Å². The predicted molar refractivity (Wildman–Crippen MR) is 86.8 cm³/mol. The second kappa shape index (κ2) is 6.32. The quantitative estimate of drug-likeness (QED) is 0.830. The normalized spacial score (nSPS) is 19.0. The Bertz CT molecular complexity index is 630. The van der Waals surface area contributed by atoms with Gasteiger partial charge in [-0.15, -0.1) is 10.2 Å². The number of nitrogens with zero attached hydrogens (tertiary/aromatic N) is 5. The maximum Gasteiger partial charge on any atom is 0.142 e. The van der Waals surface area contributed by atoms with Crippen LogP contribution in [0.1, 0.15) is 31.5 Å². The van der Waals surface area contributed by atoms with Crippen molar-refractivity contribution in [2.45, 2.75) is 32.2 Å². The minimum absolute atomic E-state index is 0.394. The third kappa shape index (κ3) is 3.06. The molecule has 0 saturated carbocycles. The molecule has 7 heteroatoms. The first kappa shape index (κ1) is 14.8. The molecular formula is C14H17BrClN5. The Hall–Kier alpha value is -1.14. The summed E-state index contributed by atoms with van der Waals surface area (Å²) in [5.41, 5.74) is 0. The molecule has 0 aromatic carbocycles. The lowest BCUT2D eigenvalue weighted by atomic mass is 9.97. The van der Waals surface area contributed by atoms with Crippen LogP contribution in [-0.4, -0.2) is 32.8 Å². The smallest absolute Gasteiger partial charge is 0.142 e. The lowest BCUT2D eigenvalue weighted by Gasteiger charge is -2.33. The molecule has 3 heterocycles. The second-order valence-corrected chi connectivity index (χ2v) is 6.51. The van der Waals surface area contributed by atoms with Crippen LogP contribution in [-0.2, 0) is 6.54 Å². The van der Waals surface area contributed by atoms with Gasteiger partial charge < -0.3 is 9.47 Å². The van der Waals surface area contributed by atoms with Gasteiger partial charge >= 0.3 is 0 Å². The first-order valence-electron chi connectivity index (χ1n) is 7.12. The molecule has 0 N–H and O–H groups in total. The molecule has 3 rings (SSSR count). The van der Waals surface area contributed by atoms with Crippen LogP contribution in [0.2, 0.25) is 5.02 Å². The molecule has 1 aliphatic heterocycles. The molecule has 1 saturated heterocycles. The average Bonchev–Trinajstić information content (AvgIpc) is 2.96. The van der Waals surface area contributed by atoms with Crippen molar-refractivity contribution < 1.29 is 0 Å². The monoisotopic (exact) mass is 369 g/mol. The van der Waals surface area contributed by atoms with Gasteiger partial charge in [0.2, 0.25) is 0 Å². The van der Waals surface area contributed by atoms with Gasteiger partial charge in [0.05, 0.1) is 9.50 Å². The number of anilines is 1. The van der Waals surface area contributed by atoms with Gasteiger partial charge in [-0.2, -0.15) is 0 Å². The summed E-state index contributed by atoms with van der Waals surface area (Å²) in [6, 6.07) is 1.89. The Morgan fingerprint density at radius 3 is 3.10 bits per heavy atom. The Balaban J connectivity index is 1.83. The van der Waals surface area contributed by atoms with Gasteiger partial charge in [-0.05, 0) is 41.8 Å². The molecule has 1 aliphatic rings. The summed E-state index contributed by atoms with van der Waals surface area (Å²) in [6.45, 7) is 4.93. The minimum Gasteiger partial charge on any atom is -0.355 e. The van der Waals surface area contributed by atoms with Crippen molar-refractivity contribution in [1.29, 1.82) is 0 Å². The van der Waals surface area contributed by atoms with Crippen molar-refractivity contribution in [2.24, 2.45) is 0 Å². The van der Waals surface area contributed by atoms with Crippen LogP contribution in [0.15, 0.2) is 23.1 Å². The Morgan fingerprint density at radius 1 is 1.48 bits per heavy atom. The number of rotatable bonds is 3. The van der Waals surface area contributed by atoms with Gasteiger partial charge in [0, 0.05) is 31.7 Å². The lowest BCUT2D eigenvalue weighted by Crippen LogP contribution is -2.36. The standard InChI is InChI=1S/C14H17BrClN5/c1-2-20-9-18-19-13(20)10-4-3-5-21(8-10)14-12(15)6-11(16)7-17-14/h6-7,9-10H,2-5,8H2,1H3. The number of aryl methyl sites for hydroxylation is 1. The molecule has 5 nitrogen and oxygen atoms in total. The molecule has 0 radical (unpaired) electrons. The third-order valence-electron chi connectivity index (χ3n) is 3.86. The Labute approximate surface area is 137 Å². The van der Waals surface area contributed by atoms with E-state index in [1.165, 1.54) is 0 Å². The van der Waals surface area contributed by atoms with E-state index in [1.54, 1.807) is 6.20 Å². The van der Waals surface area contributed by atoms with E-state index in [2.05, 4.69) is 47.5 Å². The van der Waals surface area contributed by atoms with E-state index >= 15 is 0 Å². The van der Waals surface area contributed by atoms with E-state index in [0.717, 1.165) is 48.6 Å². The summed E-state index contributed by atoms with van der Waals surface area (Å²) < 4.78 is 3.06. The summed E-state index contributed by atoms with van der Waals surface area (Å²) in [6.07, 6.45) is 5.77.